The van der Waals surface area contributed by atoms with Crippen molar-refractivity contribution >= 4 is 11.9 Å². The molecule has 0 spiro atoms. The molecule has 2 N–H and O–H groups in total. The molecular weight excluding hydrogens is 314 g/mol. The van der Waals surface area contributed by atoms with Gasteiger partial charge < -0.3 is 10.4 Å². The lowest BCUT2D eigenvalue weighted by Gasteiger charge is -2.08. The smallest absolute Gasteiger partial charge is 0.325 e. The van der Waals surface area contributed by atoms with Gasteiger partial charge in [-0.2, -0.15) is 0 Å². The van der Waals surface area contributed by atoms with E-state index in [-0.39, 0.29) is 5.91 Å². The number of unbranched alkanes of at least 4 members (excludes halogenated alkanes) is 11. The fourth-order valence-corrected chi connectivity index (χ4v) is 2.73. The zero-order valence-electron chi connectivity index (χ0n) is 16.4. The van der Waals surface area contributed by atoms with Crippen LogP contribution in [0.25, 0.3) is 0 Å². The predicted octanol–water partition coefficient (Wildman–Crippen LogP) is 5.61. The second kappa shape index (κ2) is 17.5. The van der Waals surface area contributed by atoms with E-state index >= 15 is 0 Å². The zero-order chi connectivity index (χ0) is 18.8. The minimum absolute atomic E-state index is 0.160. The van der Waals surface area contributed by atoms with Crippen molar-refractivity contribution in [2.45, 2.75) is 110 Å². The van der Waals surface area contributed by atoms with Gasteiger partial charge in [-0.25, -0.2) is 0 Å². The molecule has 4 nitrogen and oxygen atoms in total. The maximum atomic E-state index is 11.5. The van der Waals surface area contributed by atoms with Crippen molar-refractivity contribution in [2.75, 3.05) is 0 Å². The van der Waals surface area contributed by atoms with E-state index in [9.17, 15) is 9.59 Å². The highest BCUT2D eigenvalue weighted by Crippen LogP contribution is 2.10. The van der Waals surface area contributed by atoms with Crippen molar-refractivity contribution in [3.63, 3.8) is 0 Å². The van der Waals surface area contributed by atoms with E-state index in [2.05, 4.69) is 24.4 Å². The highest BCUT2D eigenvalue weighted by atomic mass is 16.4. The third-order valence-corrected chi connectivity index (χ3v) is 4.41. The number of carbonyl (C=O) groups is 2. The van der Waals surface area contributed by atoms with E-state index in [4.69, 9.17) is 5.11 Å². The molecule has 0 saturated carbocycles. The van der Waals surface area contributed by atoms with Crippen molar-refractivity contribution in [3.8, 4) is 0 Å². The molecule has 4 heteroatoms. The van der Waals surface area contributed by atoms with Gasteiger partial charge in [-0.1, -0.05) is 70.4 Å². The molecule has 0 heterocycles. The van der Waals surface area contributed by atoms with Crippen molar-refractivity contribution in [2.24, 2.45) is 0 Å². The molecule has 0 bridgehead atoms. The number of carboxylic acid groups (broad SMARTS) is 1. The highest BCUT2D eigenvalue weighted by molar-refractivity contribution is 5.83. The van der Waals surface area contributed by atoms with E-state index in [1.165, 1.54) is 64.7 Å². The van der Waals surface area contributed by atoms with Crippen LogP contribution in [0.1, 0.15) is 104 Å². The summed E-state index contributed by atoms with van der Waals surface area (Å²) in [6.45, 7) is 3.74. The molecule has 25 heavy (non-hydrogen) atoms. The number of allylic oxidation sites excluding steroid dienone is 2. The van der Waals surface area contributed by atoms with Gasteiger partial charge in [0.15, 0.2) is 0 Å². The average Bonchev–Trinajstić information content (AvgIpc) is 2.58. The van der Waals surface area contributed by atoms with Crippen LogP contribution >= 0.6 is 0 Å². The van der Waals surface area contributed by atoms with Crippen molar-refractivity contribution in [1.29, 1.82) is 0 Å². The summed E-state index contributed by atoms with van der Waals surface area (Å²) in [4.78, 5) is 22.1. The van der Waals surface area contributed by atoms with Crippen LogP contribution in [-0.4, -0.2) is 23.0 Å². The minimum atomic E-state index is -0.988. The lowest BCUT2D eigenvalue weighted by molar-refractivity contribution is -0.141. The van der Waals surface area contributed by atoms with Gasteiger partial charge in [-0.05, 0) is 39.0 Å². The van der Waals surface area contributed by atoms with Crippen LogP contribution in [0.4, 0.5) is 0 Å². The lowest BCUT2D eigenvalue weighted by atomic mass is 10.1. The molecular formula is C21H39NO3. The Morgan fingerprint density at radius 3 is 1.84 bits per heavy atom. The molecule has 146 valence electrons. The average molecular weight is 354 g/mol. The van der Waals surface area contributed by atoms with Gasteiger partial charge in [0.25, 0.3) is 0 Å². The molecule has 0 saturated heterocycles. The molecule has 0 aliphatic heterocycles. The van der Waals surface area contributed by atoms with E-state index in [1.807, 2.05) is 0 Å². The Bertz CT molecular complexity index is 366. The number of amides is 1. The fraction of sp³-hybridized carbons (Fsp3) is 0.810. The van der Waals surface area contributed by atoms with E-state index in [1.54, 1.807) is 0 Å². The largest absolute Gasteiger partial charge is 0.480 e. The maximum absolute atomic E-state index is 11.5. The summed E-state index contributed by atoms with van der Waals surface area (Å²) in [5.41, 5.74) is 0. The van der Waals surface area contributed by atoms with E-state index in [0.717, 1.165) is 25.7 Å². The van der Waals surface area contributed by atoms with Crippen molar-refractivity contribution in [1.82, 2.24) is 5.32 Å². The molecule has 0 radical (unpaired) electrons. The topological polar surface area (TPSA) is 66.4 Å². The third kappa shape index (κ3) is 17.3. The van der Waals surface area contributed by atoms with Gasteiger partial charge in [-0.15, -0.1) is 0 Å². The molecule has 0 fully saturated rings. The fourth-order valence-electron chi connectivity index (χ4n) is 2.73. The molecule has 0 aromatic rings. The highest BCUT2D eigenvalue weighted by Gasteiger charge is 2.12. The Morgan fingerprint density at radius 1 is 0.840 bits per heavy atom. The molecule has 1 atom stereocenters. The second-order valence-corrected chi connectivity index (χ2v) is 6.96. The first kappa shape index (κ1) is 23.7. The number of carbonyl (C=O) groups excluding carboxylic acids is 1. The number of aliphatic carboxylic acids is 1. The van der Waals surface area contributed by atoms with Gasteiger partial charge in [-0.3, -0.25) is 9.59 Å². The number of nitrogens with one attached hydrogen (secondary N) is 1. The first-order valence-corrected chi connectivity index (χ1v) is 10.2. The SMILES string of the molecule is CCCCCCCC/C=C/CCCCCCCC(=O)N[C@@H](C)C(=O)O. The Kier molecular flexibility index (Phi) is 16.6. The lowest BCUT2D eigenvalue weighted by Crippen LogP contribution is -2.38. The van der Waals surface area contributed by atoms with Crippen LogP contribution in [0.5, 0.6) is 0 Å². The quantitative estimate of drug-likeness (QED) is 0.264. The monoisotopic (exact) mass is 353 g/mol. The van der Waals surface area contributed by atoms with E-state index in [0.29, 0.717) is 6.42 Å². The summed E-state index contributed by atoms with van der Waals surface area (Å²) < 4.78 is 0. The minimum Gasteiger partial charge on any atom is -0.480 e. The van der Waals surface area contributed by atoms with Crippen LogP contribution in [0, 0.1) is 0 Å². The normalized spacial score (nSPS) is 12.4. The zero-order valence-corrected chi connectivity index (χ0v) is 16.4. The number of hydrogen-bond acceptors (Lipinski definition) is 2. The van der Waals surface area contributed by atoms with Gasteiger partial charge in [0.05, 0.1) is 0 Å². The van der Waals surface area contributed by atoms with Crippen LogP contribution in [-0.2, 0) is 9.59 Å². The summed E-state index contributed by atoms with van der Waals surface area (Å²) in [7, 11) is 0. The van der Waals surface area contributed by atoms with Crippen LogP contribution in [0.15, 0.2) is 12.2 Å². The summed E-state index contributed by atoms with van der Waals surface area (Å²) in [6, 6.07) is -0.796. The van der Waals surface area contributed by atoms with Gasteiger partial charge in [0.1, 0.15) is 6.04 Å². The summed E-state index contributed by atoms with van der Waals surface area (Å²) in [6.07, 6.45) is 21.0. The molecule has 0 rings (SSSR count). The first-order chi connectivity index (χ1) is 12.1. The van der Waals surface area contributed by atoms with E-state index < -0.39 is 12.0 Å². The molecule has 0 aromatic heterocycles. The summed E-state index contributed by atoms with van der Waals surface area (Å²) in [5, 5.41) is 11.2. The Hall–Kier alpha value is -1.32. The maximum Gasteiger partial charge on any atom is 0.325 e. The molecule has 0 aliphatic rings. The number of hydrogen-bond donors (Lipinski definition) is 2. The van der Waals surface area contributed by atoms with Crippen molar-refractivity contribution in [3.05, 3.63) is 12.2 Å². The Labute approximate surface area is 154 Å². The molecule has 0 aliphatic carbocycles. The number of rotatable bonds is 17. The van der Waals surface area contributed by atoms with Crippen LogP contribution in [0.3, 0.4) is 0 Å². The Balaban J connectivity index is 3.29. The molecule has 0 unspecified atom stereocenters. The third-order valence-electron chi connectivity index (χ3n) is 4.41. The first-order valence-electron chi connectivity index (χ1n) is 10.2. The van der Waals surface area contributed by atoms with Crippen molar-refractivity contribution < 1.29 is 14.7 Å². The Morgan fingerprint density at radius 2 is 1.32 bits per heavy atom. The van der Waals surface area contributed by atoms with Crippen LogP contribution in [0.2, 0.25) is 0 Å². The van der Waals surface area contributed by atoms with Crippen LogP contribution < -0.4 is 5.32 Å². The summed E-state index contributed by atoms with van der Waals surface area (Å²) >= 11 is 0. The molecule has 0 aromatic carbocycles. The standard InChI is InChI=1S/C21H39NO3/c1-3-4-5-6-7-8-9-10-11-12-13-14-15-16-17-18-20(23)22-19(2)21(24)25/h10-11,19H,3-9,12-18H2,1-2H3,(H,22,23)(H,24,25)/b11-10+/t19-/m0/s1. The summed E-state index contributed by atoms with van der Waals surface area (Å²) in [5.74, 6) is -1.15. The molecule has 1 amide bonds. The number of carboxylic acids is 1. The van der Waals surface area contributed by atoms with Gasteiger partial charge >= 0.3 is 5.97 Å². The van der Waals surface area contributed by atoms with Gasteiger partial charge in [0.2, 0.25) is 5.91 Å². The second-order valence-electron chi connectivity index (χ2n) is 6.96. The predicted molar refractivity (Wildman–Crippen MR) is 105 cm³/mol. The van der Waals surface area contributed by atoms with Gasteiger partial charge in [0, 0.05) is 6.42 Å².